The van der Waals surface area contributed by atoms with E-state index in [9.17, 15) is 4.79 Å². The van der Waals surface area contributed by atoms with Crippen molar-refractivity contribution < 1.29 is 9.90 Å². The largest absolute Gasteiger partial charge is 0.478 e. The van der Waals surface area contributed by atoms with E-state index in [0.29, 0.717) is 5.56 Å². The minimum atomic E-state index is -0.872. The number of hydrogen-bond acceptors (Lipinski definition) is 2. The van der Waals surface area contributed by atoms with Gasteiger partial charge in [-0.05, 0) is 62.8 Å². The quantitative estimate of drug-likeness (QED) is 0.228. The van der Waals surface area contributed by atoms with Gasteiger partial charge in [-0.1, -0.05) is 69.4 Å². The normalized spacial score (nSPS) is 13.5. The molecule has 0 bridgehead atoms. The van der Waals surface area contributed by atoms with Crippen molar-refractivity contribution in [2.24, 2.45) is 0 Å². The van der Waals surface area contributed by atoms with Crippen LogP contribution >= 0.6 is 0 Å². The van der Waals surface area contributed by atoms with Gasteiger partial charge in [-0.2, -0.15) is 0 Å². The summed E-state index contributed by atoms with van der Waals surface area (Å²) in [5.41, 5.74) is 3.07. The SMILES string of the molecule is O=C(O)c1ccc(NCCCCCCCCCCCCCC2=CCCC2)cc1. The Hall–Kier alpha value is -1.77. The lowest BCUT2D eigenvalue weighted by molar-refractivity contribution is 0.0697. The van der Waals surface area contributed by atoms with Gasteiger partial charge in [0.1, 0.15) is 0 Å². The van der Waals surface area contributed by atoms with Gasteiger partial charge in [-0.3, -0.25) is 0 Å². The fourth-order valence-electron chi connectivity index (χ4n) is 4.00. The molecule has 28 heavy (non-hydrogen) atoms. The summed E-state index contributed by atoms with van der Waals surface area (Å²) in [6.07, 6.45) is 22.9. The van der Waals surface area contributed by atoms with Gasteiger partial charge in [0, 0.05) is 12.2 Å². The Kier molecular flexibility index (Phi) is 11.5. The van der Waals surface area contributed by atoms with Crippen LogP contribution in [0.25, 0.3) is 0 Å². The summed E-state index contributed by atoms with van der Waals surface area (Å²) < 4.78 is 0. The topological polar surface area (TPSA) is 49.3 Å². The predicted molar refractivity (Wildman–Crippen MR) is 119 cm³/mol. The number of aromatic carboxylic acids is 1. The molecule has 2 N–H and O–H groups in total. The van der Waals surface area contributed by atoms with Crippen LogP contribution in [0.4, 0.5) is 5.69 Å². The maximum absolute atomic E-state index is 10.8. The first kappa shape index (κ1) is 22.5. The van der Waals surface area contributed by atoms with E-state index < -0.39 is 5.97 Å². The average Bonchev–Trinajstić information content (AvgIpc) is 3.22. The molecule has 0 spiro atoms. The van der Waals surface area contributed by atoms with Crippen LogP contribution in [-0.2, 0) is 0 Å². The summed E-state index contributed by atoms with van der Waals surface area (Å²) in [7, 11) is 0. The zero-order valence-electron chi connectivity index (χ0n) is 17.6. The van der Waals surface area contributed by atoms with Crippen LogP contribution in [0.1, 0.15) is 107 Å². The fraction of sp³-hybridized carbons (Fsp3) is 0.640. The molecule has 156 valence electrons. The second kappa shape index (κ2) is 14.3. The number of allylic oxidation sites excluding steroid dienone is 2. The minimum Gasteiger partial charge on any atom is -0.478 e. The highest BCUT2D eigenvalue weighted by Crippen LogP contribution is 2.23. The smallest absolute Gasteiger partial charge is 0.335 e. The van der Waals surface area contributed by atoms with Crippen LogP contribution in [-0.4, -0.2) is 17.6 Å². The molecule has 0 amide bonds. The molecule has 0 atom stereocenters. The molecule has 1 aromatic carbocycles. The number of carboxylic acid groups (broad SMARTS) is 1. The number of carbonyl (C=O) groups is 1. The molecular weight excluding hydrogens is 346 g/mol. The summed E-state index contributed by atoms with van der Waals surface area (Å²) in [5, 5.41) is 12.3. The monoisotopic (exact) mass is 385 g/mol. The number of benzene rings is 1. The number of anilines is 1. The Morgan fingerprint density at radius 1 is 0.821 bits per heavy atom. The van der Waals surface area contributed by atoms with Crippen LogP contribution in [0.5, 0.6) is 0 Å². The number of hydrogen-bond donors (Lipinski definition) is 2. The maximum atomic E-state index is 10.8. The number of carboxylic acids is 1. The van der Waals surface area contributed by atoms with E-state index in [2.05, 4.69) is 11.4 Å². The van der Waals surface area contributed by atoms with Gasteiger partial charge in [-0.25, -0.2) is 4.79 Å². The van der Waals surface area contributed by atoms with E-state index in [1.54, 1.807) is 17.7 Å². The predicted octanol–water partition coefficient (Wildman–Crippen LogP) is 7.59. The molecule has 0 radical (unpaired) electrons. The molecule has 0 saturated heterocycles. The van der Waals surface area contributed by atoms with Crippen molar-refractivity contribution >= 4 is 11.7 Å². The van der Waals surface area contributed by atoms with Crippen molar-refractivity contribution in [1.82, 2.24) is 0 Å². The Bertz CT molecular complexity index is 577. The number of nitrogens with one attached hydrogen (secondary N) is 1. The van der Waals surface area contributed by atoms with E-state index in [-0.39, 0.29) is 0 Å². The first-order valence-corrected chi connectivity index (χ1v) is 11.5. The van der Waals surface area contributed by atoms with E-state index in [4.69, 9.17) is 5.11 Å². The summed E-state index contributed by atoms with van der Waals surface area (Å²) in [6, 6.07) is 6.99. The Morgan fingerprint density at radius 3 is 1.93 bits per heavy atom. The third kappa shape index (κ3) is 9.96. The van der Waals surface area contributed by atoms with Gasteiger partial charge >= 0.3 is 5.97 Å². The van der Waals surface area contributed by atoms with Crippen LogP contribution in [0.3, 0.4) is 0 Å². The third-order valence-electron chi connectivity index (χ3n) is 5.77. The molecule has 0 heterocycles. The fourth-order valence-corrected chi connectivity index (χ4v) is 4.00. The van der Waals surface area contributed by atoms with Gasteiger partial charge < -0.3 is 10.4 Å². The highest BCUT2D eigenvalue weighted by atomic mass is 16.4. The molecule has 1 aliphatic carbocycles. The van der Waals surface area contributed by atoms with Gasteiger partial charge in [-0.15, -0.1) is 0 Å². The first-order chi connectivity index (χ1) is 13.8. The van der Waals surface area contributed by atoms with Crippen LogP contribution in [0, 0.1) is 0 Å². The van der Waals surface area contributed by atoms with Crippen molar-refractivity contribution in [2.75, 3.05) is 11.9 Å². The third-order valence-corrected chi connectivity index (χ3v) is 5.77. The van der Waals surface area contributed by atoms with Crippen molar-refractivity contribution in [2.45, 2.75) is 96.3 Å². The lowest BCUT2D eigenvalue weighted by atomic mass is 10.0. The summed E-state index contributed by atoms with van der Waals surface area (Å²) in [6.45, 7) is 0.962. The molecule has 2 rings (SSSR count). The average molecular weight is 386 g/mol. The van der Waals surface area contributed by atoms with Crippen LogP contribution in [0.2, 0.25) is 0 Å². The summed E-state index contributed by atoms with van der Waals surface area (Å²) in [4.78, 5) is 10.8. The van der Waals surface area contributed by atoms with Crippen molar-refractivity contribution in [1.29, 1.82) is 0 Å². The van der Waals surface area contributed by atoms with E-state index in [1.807, 2.05) is 12.1 Å². The maximum Gasteiger partial charge on any atom is 0.335 e. The van der Waals surface area contributed by atoms with E-state index in [0.717, 1.165) is 12.2 Å². The molecular formula is C25H39NO2. The molecule has 1 aromatic rings. The van der Waals surface area contributed by atoms with Crippen molar-refractivity contribution in [3.8, 4) is 0 Å². The molecule has 0 unspecified atom stereocenters. The zero-order chi connectivity index (χ0) is 19.9. The van der Waals surface area contributed by atoms with Gasteiger partial charge in [0.05, 0.1) is 5.56 Å². The summed E-state index contributed by atoms with van der Waals surface area (Å²) >= 11 is 0. The standard InChI is InChI=1S/C25H39NO2/c27-25(28)23-17-19-24(20-18-23)26-21-13-9-7-5-3-1-2-4-6-8-10-14-22-15-11-12-16-22/h15,17-20,26H,1-14,16,21H2,(H,27,28). The molecule has 3 nitrogen and oxygen atoms in total. The second-order valence-corrected chi connectivity index (χ2v) is 8.20. The zero-order valence-corrected chi connectivity index (χ0v) is 17.6. The molecule has 1 aliphatic rings. The Morgan fingerprint density at radius 2 is 1.39 bits per heavy atom. The Balaban J connectivity index is 1.31. The highest BCUT2D eigenvalue weighted by Gasteiger charge is 2.03. The molecule has 0 aliphatic heterocycles. The summed E-state index contributed by atoms with van der Waals surface area (Å²) in [5.74, 6) is -0.872. The molecule has 0 aromatic heterocycles. The van der Waals surface area contributed by atoms with E-state index >= 15 is 0 Å². The highest BCUT2D eigenvalue weighted by molar-refractivity contribution is 5.87. The van der Waals surface area contributed by atoms with E-state index in [1.165, 1.54) is 96.3 Å². The van der Waals surface area contributed by atoms with Crippen molar-refractivity contribution in [3.63, 3.8) is 0 Å². The lowest BCUT2D eigenvalue weighted by Crippen LogP contribution is -2.02. The van der Waals surface area contributed by atoms with Gasteiger partial charge in [0.15, 0.2) is 0 Å². The molecule has 3 heteroatoms. The van der Waals surface area contributed by atoms with Crippen LogP contribution in [0.15, 0.2) is 35.9 Å². The first-order valence-electron chi connectivity index (χ1n) is 11.5. The second-order valence-electron chi connectivity index (χ2n) is 8.20. The molecule has 0 saturated carbocycles. The van der Waals surface area contributed by atoms with Gasteiger partial charge in [0.25, 0.3) is 0 Å². The number of rotatable bonds is 16. The number of unbranched alkanes of at least 4 members (excludes halogenated alkanes) is 10. The minimum absolute atomic E-state index is 0.340. The lowest BCUT2D eigenvalue weighted by Gasteiger charge is -2.07. The Labute approximate surface area is 171 Å². The molecule has 0 fully saturated rings. The van der Waals surface area contributed by atoms with Crippen molar-refractivity contribution in [3.05, 3.63) is 41.5 Å². The van der Waals surface area contributed by atoms with Gasteiger partial charge in [0.2, 0.25) is 0 Å². The van der Waals surface area contributed by atoms with Crippen LogP contribution < -0.4 is 5.32 Å².